The molecule has 110 valence electrons. The van der Waals surface area contributed by atoms with Gasteiger partial charge < -0.3 is 0 Å². The van der Waals surface area contributed by atoms with Gasteiger partial charge in [-0.15, -0.1) is 0 Å². The number of anilines is 1. The van der Waals surface area contributed by atoms with Crippen LogP contribution in [0.15, 0.2) is 53.4 Å². The molecule has 0 fully saturated rings. The molecule has 2 aromatic carbocycles. The molecule has 0 radical (unpaired) electrons. The normalized spacial score (nSPS) is 15.4. The Morgan fingerprint density at radius 3 is 2.33 bits per heavy atom. The van der Waals surface area contributed by atoms with Crippen molar-refractivity contribution in [1.29, 1.82) is 0 Å². The summed E-state index contributed by atoms with van der Waals surface area (Å²) < 4.78 is 27.3. The van der Waals surface area contributed by atoms with Crippen LogP contribution in [0.3, 0.4) is 0 Å². The smallest absolute Gasteiger partial charge is 0.264 e. The zero-order valence-electron chi connectivity index (χ0n) is 11.5. The fourth-order valence-corrected chi connectivity index (χ4v) is 4.80. The molecule has 1 aliphatic heterocycles. The van der Waals surface area contributed by atoms with Crippen LogP contribution < -0.4 is 4.31 Å². The topological polar surface area (TPSA) is 37.4 Å². The van der Waals surface area contributed by atoms with Gasteiger partial charge >= 0.3 is 0 Å². The Morgan fingerprint density at radius 2 is 1.57 bits per heavy atom. The average Bonchev–Trinajstić information content (AvgIpc) is 2.51. The van der Waals surface area contributed by atoms with Crippen LogP contribution in [-0.4, -0.2) is 20.3 Å². The van der Waals surface area contributed by atoms with Gasteiger partial charge in [-0.3, -0.25) is 4.31 Å². The zero-order valence-corrected chi connectivity index (χ0v) is 13.9. The molecule has 0 aliphatic carbocycles. The number of para-hydroxylation sites is 1. The number of unbranched alkanes of at least 4 members (excludes halogenated alkanes) is 1. The highest BCUT2D eigenvalue weighted by atomic mass is 79.9. The SMILES string of the molecule is O=S1(=O)c2ccccc2-c2ccccc2N1CCCCBr. The number of nitrogens with zero attached hydrogens (tertiary/aromatic N) is 1. The van der Waals surface area contributed by atoms with Crippen molar-refractivity contribution in [2.24, 2.45) is 0 Å². The first-order chi connectivity index (χ1) is 10.2. The van der Waals surface area contributed by atoms with Gasteiger partial charge in [0.25, 0.3) is 10.0 Å². The molecular weight excluding hydrogens is 350 g/mol. The van der Waals surface area contributed by atoms with Crippen molar-refractivity contribution < 1.29 is 8.42 Å². The molecule has 0 amide bonds. The summed E-state index contributed by atoms with van der Waals surface area (Å²) in [5, 5.41) is 0.888. The number of halogens is 1. The molecule has 21 heavy (non-hydrogen) atoms. The van der Waals surface area contributed by atoms with Gasteiger partial charge in [-0.2, -0.15) is 0 Å². The van der Waals surface area contributed by atoms with Crippen LogP contribution in [-0.2, 0) is 10.0 Å². The minimum Gasteiger partial charge on any atom is -0.266 e. The van der Waals surface area contributed by atoms with Gasteiger partial charge in [0.1, 0.15) is 0 Å². The molecule has 0 saturated carbocycles. The number of fused-ring (bicyclic) bond motifs is 3. The standard InChI is InChI=1S/C16H16BrNO2S/c17-11-5-6-12-18-15-9-3-1-7-13(15)14-8-2-4-10-16(14)21(18,19)20/h1-4,7-10H,5-6,11-12H2. The van der Waals surface area contributed by atoms with Crippen LogP contribution >= 0.6 is 15.9 Å². The van der Waals surface area contributed by atoms with Gasteiger partial charge in [0.2, 0.25) is 0 Å². The molecular formula is C16H16BrNO2S. The average molecular weight is 366 g/mol. The fourth-order valence-electron chi connectivity index (χ4n) is 2.67. The summed E-state index contributed by atoms with van der Waals surface area (Å²) in [6.45, 7) is 0.513. The van der Waals surface area contributed by atoms with Crippen LogP contribution in [0, 0.1) is 0 Å². The second-order valence-corrected chi connectivity index (χ2v) is 7.61. The fraction of sp³-hybridized carbons (Fsp3) is 0.250. The van der Waals surface area contributed by atoms with Gasteiger partial charge in [-0.05, 0) is 25.0 Å². The van der Waals surface area contributed by atoms with Crippen molar-refractivity contribution >= 4 is 31.6 Å². The summed E-state index contributed by atoms with van der Waals surface area (Å²) in [6.07, 6.45) is 1.79. The molecule has 5 heteroatoms. The molecule has 1 aliphatic rings. The number of rotatable bonds is 4. The first kappa shape index (κ1) is 14.6. The highest BCUT2D eigenvalue weighted by Crippen LogP contribution is 2.42. The Labute approximate surface area is 133 Å². The Morgan fingerprint density at radius 1 is 0.905 bits per heavy atom. The third-order valence-electron chi connectivity index (χ3n) is 3.66. The van der Waals surface area contributed by atoms with E-state index in [9.17, 15) is 8.42 Å². The van der Waals surface area contributed by atoms with Gasteiger partial charge in [-0.1, -0.05) is 52.3 Å². The van der Waals surface area contributed by atoms with E-state index in [-0.39, 0.29) is 0 Å². The third kappa shape index (κ3) is 2.49. The molecule has 3 rings (SSSR count). The predicted octanol–water partition coefficient (Wildman–Crippen LogP) is 4.04. The van der Waals surface area contributed by atoms with Gasteiger partial charge in [0, 0.05) is 23.0 Å². The van der Waals surface area contributed by atoms with Crippen LogP contribution in [0.5, 0.6) is 0 Å². The van der Waals surface area contributed by atoms with E-state index < -0.39 is 10.0 Å². The maximum absolute atomic E-state index is 12.9. The maximum atomic E-state index is 12.9. The Kier molecular flexibility index (Phi) is 4.04. The third-order valence-corrected chi connectivity index (χ3v) is 6.09. The number of hydrogen-bond donors (Lipinski definition) is 0. The quantitative estimate of drug-likeness (QED) is 0.605. The van der Waals surface area contributed by atoms with Gasteiger partial charge in [-0.25, -0.2) is 8.42 Å². The zero-order chi connectivity index (χ0) is 14.9. The molecule has 0 atom stereocenters. The Hall–Kier alpha value is -1.33. The Bertz CT molecular complexity index is 758. The van der Waals surface area contributed by atoms with E-state index in [1.165, 1.54) is 0 Å². The summed E-state index contributed by atoms with van der Waals surface area (Å²) in [4.78, 5) is 0.405. The molecule has 1 heterocycles. The van der Waals surface area contributed by atoms with E-state index in [1.807, 2.05) is 36.4 Å². The summed E-state index contributed by atoms with van der Waals surface area (Å²) in [5.74, 6) is 0. The van der Waals surface area contributed by atoms with E-state index in [0.29, 0.717) is 11.4 Å². The van der Waals surface area contributed by atoms with E-state index in [2.05, 4.69) is 15.9 Å². The summed E-state index contributed by atoms with van der Waals surface area (Å²) in [6, 6.07) is 14.9. The Balaban J connectivity index is 2.15. The number of sulfonamides is 1. The lowest BCUT2D eigenvalue weighted by Gasteiger charge is -2.32. The predicted molar refractivity (Wildman–Crippen MR) is 89.4 cm³/mol. The first-order valence-corrected chi connectivity index (χ1v) is 9.49. The molecule has 0 spiro atoms. The molecule has 3 nitrogen and oxygen atoms in total. The molecule has 0 bridgehead atoms. The van der Waals surface area contributed by atoms with Crippen LogP contribution in [0.1, 0.15) is 12.8 Å². The summed E-state index contributed by atoms with van der Waals surface area (Å²) in [5.41, 5.74) is 2.57. The molecule has 0 saturated heterocycles. The van der Waals surface area contributed by atoms with Crippen LogP contribution in [0.2, 0.25) is 0 Å². The van der Waals surface area contributed by atoms with E-state index in [1.54, 1.807) is 16.4 Å². The number of hydrogen-bond acceptors (Lipinski definition) is 2. The first-order valence-electron chi connectivity index (χ1n) is 6.93. The van der Waals surface area contributed by atoms with E-state index in [4.69, 9.17) is 0 Å². The lowest BCUT2D eigenvalue weighted by molar-refractivity contribution is 0.588. The number of benzene rings is 2. The second-order valence-electron chi connectivity index (χ2n) is 4.99. The minimum atomic E-state index is -3.46. The highest BCUT2D eigenvalue weighted by molar-refractivity contribution is 9.09. The monoisotopic (exact) mass is 365 g/mol. The van der Waals surface area contributed by atoms with Gasteiger partial charge in [0.05, 0.1) is 10.6 Å². The summed E-state index contributed by atoms with van der Waals surface area (Å²) >= 11 is 3.39. The van der Waals surface area contributed by atoms with Crippen molar-refractivity contribution in [3.8, 4) is 11.1 Å². The van der Waals surface area contributed by atoms with Crippen molar-refractivity contribution in [3.63, 3.8) is 0 Å². The highest BCUT2D eigenvalue weighted by Gasteiger charge is 2.33. The van der Waals surface area contributed by atoms with Gasteiger partial charge in [0.15, 0.2) is 0 Å². The van der Waals surface area contributed by atoms with Crippen LogP contribution in [0.4, 0.5) is 5.69 Å². The molecule has 0 unspecified atom stereocenters. The molecule has 2 aromatic rings. The second kappa shape index (κ2) is 5.81. The van der Waals surface area contributed by atoms with E-state index >= 15 is 0 Å². The molecule has 0 N–H and O–H groups in total. The maximum Gasteiger partial charge on any atom is 0.264 e. The summed E-state index contributed by atoms with van der Waals surface area (Å²) in [7, 11) is -3.46. The lowest BCUT2D eigenvalue weighted by Crippen LogP contribution is -2.35. The van der Waals surface area contributed by atoms with Crippen molar-refractivity contribution in [1.82, 2.24) is 0 Å². The van der Waals surface area contributed by atoms with Crippen molar-refractivity contribution in [3.05, 3.63) is 48.5 Å². The van der Waals surface area contributed by atoms with Crippen LogP contribution in [0.25, 0.3) is 11.1 Å². The van der Waals surface area contributed by atoms with Crippen molar-refractivity contribution in [2.45, 2.75) is 17.7 Å². The largest absolute Gasteiger partial charge is 0.266 e. The molecule has 0 aromatic heterocycles. The minimum absolute atomic E-state index is 0.405. The van der Waals surface area contributed by atoms with E-state index in [0.717, 1.165) is 35.0 Å². The van der Waals surface area contributed by atoms with Crippen molar-refractivity contribution in [2.75, 3.05) is 16.2 Å². The lowest BCUT2D eigenvalue weighted by atomic mass is 10.0. The number of alkyl halides is 1.